The number of guanidine groups is 1. The molecule has 1 atom stereocenters. The van der Waals surface area contributed by atoms with E-state index < -0.39 is 0 Å². The second kappa shape index (κ2) is 8.97. The molecule has 1 rings (SSSR count). The number of piperidine rings is 1. The van der Waals surface area contributed by atoms with E-state index in [1.54, 1.807) is 0 Å². The molecule has 1 heterocycles. The zero-order chi connectivity index (χ0) is 14.1. The number of nitrogens with zero attached hydrogens (tertiary/aromatic N) is 2. The predicted molar refractivity (Wildman–Crippen MR) is 83.6 cm³/mol. The first-order valence-corrected chi connectivity index (χ1v) is 7.54. The van der Waals surface area contributed by atoms with E-state index in [9.17, 15) is 0 Å². The zero-order valence-corrected chi connectivity index (χ0v) is 12.8. The van der Waals surface area contributed by atoms with Gasteiger partial charge < -0.3 is 15.5 Å². The average Bonchev–Trinajstić information content (AvgIpc) is 2.42. The number of rotatable bonds is 6. The number of hydrogen-bond acceptors (Lipinski definition) is 2. The van der Waals surface area contributed by atoms with Crippen LogP contribution in [-0.2, 0) is 0 Å². The first kappa shape index (κ1) is 16.0. The zero-order valence-electron chi connectivity index (χ0n) is 12.8. The molecule has 0 radical (unpaired) electrons. The van der Waals surface area contributed by atoms with E-state index in [1.807, 2.05) is 6.08 Å². The monoisotopic (exact) mass is 266 g/mol. The number of aliphatic imine (C=N–C) groups is 1. The highest BCUT2D eigenvalue weighted by molar-refractivity contribution is 5.79. The summed E-state index contributed by atoms with van der Waals surface area (Å²) in [6.07, 6.45) is 4.45. The largest absolute Gasteiger partial charge is 0.357 e. The highest BCUT2D eigenvalue weighted by Gasteiger charge is 2.21. The molecule has 0 aromatic heterocycles. The Kier molecular flexibility index (Phi) is 7.56. The Hall–Kier alpha value is -1.03. The van der Waals surface area contributed by atoms with Gasteiger partial charge in [0.05, 0.1) is 0 Å². The van der Waals surface area contributed by atoms with Crippen molar-refractivity contribution in [2.75, 3.05) is 32.7 Å². The molecule has 4 nitrogen and oxygen atoms in total. The van der Waals surface area contributed by atoms with Gasteiger partial charge in [-0.15, -0.1) is 6.58 Å². The molecule has 0 aliphatic carbocycles. The van der Waals surface area contributed by atoms with Crippen LogP contribution in [0.1, 0.15) is 33.6 Å². The van der Waals surface area contributed by atoms with Crippen molar-refractivity contribution in [3.05, 3.63) is 12.7 Å². The molecule has 1 saturated heterocycles. The van der Waals surface area contributed by atoms with Crippen molar-refractivity contribution in [3.8, 4) is 0 Å². The molecule has 2 N–H and O–H groups in total. The molecule has 0 amide bonds. The lowest BCUT2D eigenvalue weighted by atomic mass is 9.97. The molecule has 1 fully saturated rings. The van der Waals surface area contributed by atoms with Gasteiger partial charge in [0.25, 0.3) is 0 Å². The van der Waals surface area contributed by atoms with E-state index in [-0.39, 0.29) is 0 Å². The third kappa shape index (κ3) is 6.10. The Morgan fingerprint density at radius 2 is 2.26 bits per heavy atom. The number of hydrogen-bond donors (Lipinski definition) is 2. The van der Waals surface area contributed by atoms with Crippen molar-refractivity contribution in [2.24, 2.45) is 10.9 Å². The molecular formula is C15H30N4. The normalized spacial score (nSPS) is 21.5. The van der Waals surface area contributed by atoms with Crippen molar-refractivity contribution in [1.29, 1.82) is 0 Å². The summed E-state index contributed by atoms with van der Waals surface area (Å²) in [5.74, 6) is 1.60. The first-order chi connectivity index (χ1) is 9.17. The van der Waals surface area contributed by atoms with Gasteiger partial charge in [0, 0.05) is 32.2 Å². The molecule has 0 spiro atoms. The van der Waals surface area contributed by atoms with E-state index in [1.165, 1.54) is 25.9 Å². The van der Waals surface area contributed by atoms with Crippen LogP contribution in [0.5, 0.6) is 0 Å². The van der Waals surface area contributed by atoms with E-state index in [4.69, 9.17) is 0 Å². The van der Waals surface area contributed by atoms with Crippen LogP contribution in [0, 0.1) is 5.92 Å². The Balaban J connectivity index is 2.44. The highest BCUT2D eigenvalue weighted by Crippen LogP contribution is 2.18. The summed E-state index contributed by atoms with van der Waals surface area (Å²) in [5.41, 5.74) is 0. The molecular weight excluding hydrogens is 236 g/mol. The maximum absolute atomic E-state index is 4.69. The molecule has 1 unspecified atom stereocenters. The van der Waals surface area contributed by atoms with Crippen LogP contribution in [0.25, 0.3) is 0 Å². The van der Waals surface area contributed by atoms with Crippen LogP contribution >= 0.6 is 0 Å². The summed E-state index contributed by atoms with van der Waals surface area (Å²) in [6.45, 7) is 15.4. The molecule has 0 aromatic rings. The molecule has 0 saturated carbocycles. The fourth-order valence-electron chi connectivity index (χ4n) is 2.45. The van der Waals surface area contributed by atoms with Crippen LogP contribution in [0.2, 0.25) is 0 Å². The first-order valence-electron chi connectivity index (χ1n) is 7.54. The van der Waals surface area contributed by atoms with Crippen LogP contribution < -0.4 is 10.6 Å². The van der Waals surface area contributed by atoms with Crippen LogP contribution in [0.4, 0.5) is 0 Å². The number of nitrogens with one attached hydrogen (secondary N) is 2. The Bertz CT molecular complexity index is 286. The van der Waals surface area contributed by atoms with Crippen molar-refractivity contribution in [2.45, 2.75) is 39.7 Å². The van der Waals surface area contributed by atoms with Gasteiger partial charge in [0.1, 0.15) is 0 Å². The fourth-order valence-corrected chi connectivity index (χ4v) is 2.45. The van der Waals surface area contributed by atoms with Crippen molar-refractivity contribution < 1.29 is 0 Å². The second-order valence-electron chi connectivity index (χ2n) is 5.49. The molecule has 110 valence electrons. The molecule has 0 aromatic carbocycles. The van der Waals surface area contributed by atoms with Crippen LogP contribution in [-0.4, -0.2) is 49.6 Å². The molecule has 4 heteroatoms. The smallest absolute Gasteiger partial charge is 0.191 e. The Morgan fingerprint density at radius 1 is 1.47 bits per heavy atom. The summed E-state index contributed by atoms with van der Waals surface area (Å²) in [7, 11) is 0. The summed E-state index contributed by atoms with van der Waals surface area (Å²) in [6, 6.07) is 0.652. The minimum atomic E-state index is 0.652. The summed E-state index contributed by atoms with van der Waals surface area (Å²) in [5, 5.41) is 6.52. The highest BCUT2D eigenvalue weighted by atomic mass is 15.2. The summed E-state index contributed by atoms with van der Waals surface area (Å²) >= 11 is 0. The van der Waals surface area contributed by atoms with Gasteiger partial charge in [-0.3, -0.25) is 4.99 Å². The van der Waals surface area contributed by atoms with Gasteiger partial charge >= 0.3 is 0 Å². The summed E-state index contributed by atoms with van der Waals surface area (Å²) in [4.78, 5) is 7.25. The van der Waals surface area contributed by atoms with Gasteiger partial charge in [-0.2, -0.15) is 0 Å². The maximum Gasteiger partial charge on any atom is 0.191 e. The van der Waals surface area contributed by atoms with Gasteiger partial charge in [0.2, 0.25) is 0 Å². The molecule has 1 aliphatic rings. The van der Waals surface area contributed by atoms with Gasteiger partial charge in [0.15, 0.2) is 5.96 Å². The minimum Gasteiger partial charge on any atom is -0.357 e. The van der Waals surface area contributed by atoms with E-state index in [0.29, 0.717) is 12.0 Å². The topological polar surface area (TPSA) is 39.7 Å². The van der Waals surface area contributed by atoms with E-state index in [0.717, 1.165) is 25.6 Å². The van der Waals surface area contributed by atoms with Gasteiger partial charge in [-0.1, -0.05) is 6.08 Å². The quantitative estimate of drug-likeness (QED) is 0.438. The Labute approximate surface area is 118 Å². The van der Waals surface area contributed by atoms with Gasteiger partial charge in [-0.05, 0) is 46.1 Å². The average molecular weight is 266 g/mol. The lowest BCUT2D eigenvalue weighted by Crippen LogP contribution is -2.42. The predicted octanol–water partition coefficient (Wildman–Crippen LogP) is 1.85. The summed E-state index contributed by atoms with van der Waals surface area (Å²) < 4.78 is 0. The molecule has 19 heavy (non-hydrogen) atoms. The van der Waals surface area contributed by atoms with E-state index in [2.05, 4.69) is 47.9 Å². The SMILES string of the molecule is C=CCNC(=NCC1CCCN(C(C)C)C1)NCC. The third-order valence-electron chi connectivity index (χ3n) is 3.55. The van der Waals surface area contributed by atoms with Gasteiger partial charge in [-0.25, -0.2) is 0 Å². The third-order valence-corrected chi connectivity index (χ3v) is 3.55. The lowest BCUT2D eigenvalue weighted by Gasteiger charge is -2.34. The minimum absolute atomic E-state index is 0.652. The van der Waals surface area contributed by atoms with Crippen molar-refractivity contribution in [3.63, 3.8) is 0 Å². The molecule has 0 bridgehead atoms. The Morgan fingerprint density at radius 3 is 2.89 bits per heavy atom. The van der Waals surface area contributed by atoms with E-state index >= 15 is 0 Å². The maximum atomic E-state index is 4.69. The lowest BCUT2D eigenvalue weighted by molar-refractivity contribution is 0.143. The second-order valence-corrected chi connectivity index (χ2v) is 5.49. The van der Waals surface area contributed by atoms with Crippen molar-refractivity contribution in [1.82, 2.24) is 15.5 Å². The standard InChI is InChI=1S/C15H30N4/c1-5-9-17-15(16-6-2)18-11-14-8-7-10-19(12-14)13(3)4/h5,13-14H,1,6-12H2,2-4H3,(H2,16,17,18). The van der Waals surface area contributed by atoms with Crippen LogP contribution in [0.15, 0.2) is 17.6 Å². The van der Waals surface area contributed by atoms with Crippen molar-refractivity contribution >= 4 is 5.96 Å². The van der Waals surface area contributed by atoms with Crippen LogP contribution in [0.3, 0.4) is 0 Å². The number of likely N-dealkylation sites (tertiary alicyclic amines) is 1. The molecule has 1 aliphatic heterocycles. The fraction of sp³-hybridized carbons (Fsp3) is 0.800.